The largest absolute Gasteiger partial charge is 0.355 e. The highest BCUT2D eigenvalue weighted by molar-refractivity contribution is 7.89. The first-order valence-corrected chi connectivity index (χ1v) is 10.1. The summed E-state index contributed by atoms with van der Waals surface area (Å²) in [5, 5.41) is 17.0. The van der Waals surface area contributed by atoms with Crippen molar-refractivity contribution >= 4 is 21.6 Å². The van der Waals surface area contributed by atoms with Gasteiger partial charge < -0.3 is 10.6 Å². The molecule has 9 nitrogen and oxygen atoms in total. The number of rotatable bonds is 7. The fraction of sp³-hybridized carbons (Fsp3) is 0.562. The van der Waals surface area contributed by atoms with Crippen LogP contribution in [0.4, 0.5) is 5.69 Å². The lowest BCUT2D eigenvalue weighted by atomic mass is 9.92. The van der Waals surface area contributed by atoms with Crippen molar-refractivity contribution < 1.29 is 18.1 Å². The van der Waals surface area contributed by atoms with Crippen LogP contribution in [0.25, 0.3) is 0 Å². The van der Waals surface area contributed by atoms with E-state index in [4.69, 9.17) is 0 Å². The van der Waals surface area contributed by atoms with Crippen molar-refractivity contribution in [1.82, 2.24) is 15.4 Å². The molecule has 1 aromatic carbocycles. The van der Waals surface area contributed by atoms with E-state index >= 15 is 0 Å². The van der Waals surface area contributed by atoms with Crippen molar-refractivity contribution in [1.29, 1.82) is 0 Å². The van der Waals surface area contributed by atoms with E-state index in [1.807, 2.05) is 0 Å². The Labute approximate surface area is 151 Å². The molecule has 1 aliphatic carbocycles. The zero-order chi connectivity index (χ0) is 18.8. The van der Waals surface area contributed by atoms with Crippen molar-refractivity contribution in [3.05, 3.63) is 34.4 Å². The molecule has 0 radical (unpaired) electrons. The number of nitrogens with one attached hydrogen (secondary N) is 3. The van der Waals surface area contributed by atoms with Gasteiger partial charge in [0, 0.05) is 25.1 Å². The number of carbonyl (C=O) groups is 1. The van der Waals surface area contributed by atoms with Crippen LogP contribution in [-0.2, 0) is 14.8 Å². The summed E-state index contributed by atoms with van der Waals surface area (Å²) < 4.78 is 26.8. The summed E-state index contributed by atoms with van der Waals surface area (Å²) >= 11 is 0. The molecule has 2 fully saturated rings. The second-order valence-electron chi connectivity index (χ2n) is 6.78. The number of carbonyl (C=O) groups excluding carboxylic acids is 1. The standard InChI is InChI=1S/C16H22N4O5S/c21-15(12-11-16(12)5-7-17-8-6-16)18-9-10-19-26(24,25)14-4-2-1-3-13(14)20(22)23/h1-4,12,17,19H,5-11H2,(H,18,21). The van der Waals surface area contributed by atoms with Crippen LogP contribution in [0.2, 0.25) is 0 Å². The van der Waals surface area contributed by atoms with Crippen LogP contribution in [0.5, 0.6) is 0 Å². The Hall–Kier alpha value is -2.04. The molecule has 1 saturated carbocycles. The van der Waals surface area contributed by atoms with Gasteiger partial charge in [-0.05, 0) is 43.8 Å². The van der Waals surface area contributed by atoms with E-state index in [0.29, 0.717) is 0 Å². The van der Waals surface area contributed by atoms with Gasteiger partial charge in [0.2, 0.25) is 15.9 Å². The lowest BCUT2D eigenvalue weighted by Crippen LogP contribution is -2.37. The Morgan fingerprint density at radius 1 is 1.27 bits per heavy atom. The molecule has 1 heterocycles. The molecule has 26 heavy (non-hydrogen) atoms. The summed E-state index contributed by atoms with van der Waals surface area (Å²) in [4.78, 5) is 22.1. The van der Waals surface area contributed by atoms with Crippen molar-refractivity contribution in [2.45, 2.75) is 24.2 Å². The van der Waals surface area contributed by atoms with Crippen LogP contribution in [0, 0.1) is 21.4 Å². The second-order valence-corrected chi connectivity index (χ2v) is 8.52. The molecule has 3 N–H and O–H groups in total. The Morgan fingerprint density at radius 2 is 1.96 bits per heavy atom. The van der Waals surface area contributed by atoms with E-state index in [1.54, 1.807) is 0 Å². The molecule has 142 valence electrons. The monoisotopic (exact) mass is 382 g/mol. The molecule has 10 heteroatoms. The number of nitro benzene ring substituents is 1. The minimum atomic E-state index is -4.02. The van der Waals surface area contributed by atoms with Crippen molar-refractivity contribution in [2.24, 2.45) is 11.3 Å². The molecule has 1 aromatic rings. The summed E-state index contributed by atoms with van der Waals surface area (Å²) in [6.45, 7) is 1.98. The Bertz CT molecular complexity index is 805. The number of para-hydroxylation sites is 1. The normalized spacial score (nSPS) is 21.3. The number of sulfonamides is 1. The maximum atomic E-state index is 12.3. The molecule has 1 saturated heterocycles. The molecule has 3 rings (SSSR count). The van der Waals surface area contributed by atoms with Crippen molar-refractivity contribution in [3.63, 3.8) is 0 Å². The third kappa shape index (κ3) is 3.87. The van der Waals surface area contributed by atoms with Gasteiger partial charge in [-0.2, -0.15) is 0 Å². The lowest BCUT2D eigenvalue weighted by molar-refractivity contribution is -0.387. The van der Waals surface area contributed by atoms with Gasteiger partial charge in [-0.15, -0.1) is 0 Å². The highest BCUT2D eigenvalue weighted by atomic mass is 32.2. The Morgan fingerprint density at radius 3 is 2.65 bits per heavy atom. The van der Waals surface area contributed by atoms with Crippen LogP contribution in [-0.4, -0.2) is 45.4 Å². The van der Waals surface area contributed by atoms with E-state index in [2.05, 4.69) is 15.4 Å². The first-order valence-electron chi connectivity index (χ1n) is 8.57. The van der Waals surface area contributed by atoms with Crippen LogP contribution < -0.4 is 15.4 Å². The fourth-order valence-electron chi connectivity index (χ4n) is 3.60. The fourth-order valence-corrected chi connectivity index (χ4v) is 4.80. The molecule has 1 unspecified atom stereocenters. The van der Waals surface area contributed by atoms with E-state index in [9.17, 15) is 23.3 Å². The number of nitrogens with zero attached hydrogens (tertiary/aromatic N) is 1. The average molecular weight is 382 g/mol. The third-order valence-electron chi connectivity index (χ3n) is 5.17. The molecule has 1 amide bonds. The number of hydrogen-bond donors (Lipinski definition) is 3. The number of piperidine rings is 1. The van der Waals surface area contributed by atoms with E-state index in [-0.39, 0.29) is 35.2 Å². The smallest absolute Gasteiger partial charge is 0.289 e. The van der Waals surface area contributed by atoms with Gasteiger partial charge in [0.25, 0.3) is 5.69 Å². The third-order valence-corrected chi connectivity index (χ3v) is 6.68. The molecule has 1 atom stereocenters. The first kappa shape index (κ1) is 18.7. The van der Waals surface area contributed by atoms with Gasteiger partial charge in [-0.3, -0.25) is 14.9 Å². The highest BCUT2D eigenvalue weighted by Crippen LogP contribution is 2.58. The van der Waals surface area contributed by atoms with Crippen molar-refractivity contribution in [2.75, 3.05) is 26.2 Å². The average Bonchev–Trinajstić information content (AvgIpc) is 3.32. The summed E-state index contributed by atoms with van der Waals surface area (Å²) in [5.41, 5.74) is -0.352. The van der Waals surface area contributed by atoms with Gasteiger partial charge in [0.1, 0.15) is 0 Å². The summed E-state index contributed by atoms with van der Waals surface area (Å²) in [6.07, 6.45) is 2.88. The number of hydrogen-bond acceptors (Lipinski definition) is 6. The maximum Gasteiger partial charge on any atom is 0.289 e. The zero-order valence-electron chi connectivity index (χ0n) is 14.2. The number of amides is 1. The van der Waals surface area contributed by atoms with E-state index < -0.39 is 20.6 Å². The molecule has 2 aliphatic rings. The topological polar surface area (TPSA) is 130 Å². The minimum absolute atomic E-state index is 0.0106. The van der Waals surface area contributed by atoms with Crippen LogP contribution in [0.1, 0.15) is 19.3 Å². The van der Waals surface area contributed by atoms with Gasteiger partial charge in [0.15, 0.2) is 4.90 Å². The van der Waals surface area contributed by atoms with Crippen LogP contribution in [0.15, 0.2) is 29.2 Å². The van der Waals surface area contributed by atoms with Crippen molar-refractivity contribution in [3.8, 4) is 0 Å². The predicted octanol–water partition coefficient (Wildman–Crippen LogP) is 0.379. The molecular formula is C16H22N4O5S. The van der Waals surface area contributed by atoms with E-state index in [1.165, 1.54) is 18.2 Å². The Balaban J connectivity index is 1.49. The SMILES string of the molecule is O=C(NCCNS(=O)(=O)c1ccccc1[N+](=O)[O-])C1CC12CCNCC2. The number of nitro groups is 1. The summed E-state index contributed by atoms with van der Waals surface area (Å²) in [5.74, 6) is -0.0341. The zero-order valence-corrected chi connectivity index (χ0v) is 15.0. The second kappa shape index (κ2) is 7.29. The lowest BCUT2D eigenvalue weighted by Gasteiger charge is -2.23. The quantitative estimate of drug-likeness (QED) is 0.355. The van der Waals surface area contributed by atoms with Gasteiger partial charge >= 0.3 is 0 Å². The predicted molar refractivity (Wildman–Crippen MR) is 93.9 cm³/mol. The Kier molecular flexibility index (Phi) is 5.26. The van der Waals surface area contributed by atoms with Gasteiger partial charge in [-0.25, -0.2) is 13.1 Å². The minimum Gasteiger partial charge on any atom is -0.355 e. The van der Waals surface area contributed by atoms with Crippen LogP contribution in [0.3, 0.4) is 0 Å². The van der Waals surface area contributed by atoms with Gasteiger partial charge in [-0.1, -0.05) is 12.1 Å². The maximum absolute atomic E-state index is 12.3. The highest BCUT2D eigenvalue weighted by Gasteiger charge is 2.57. The molecule has 0 bridgehead atoms. The van der Waals surface area contributed by atoms with Gasteiger partial charge in [0.05, 0.1) is 4.92 Å². The molecule has 0 aromatic heterocycles. The molecule has 1 aliphatic heterocycles. The summed E-state index contributed by atoms with van der Waals surface area (Å²) in [7, 11) is -4.02. The molecule has 1 spiro atoms. The molecular weight excluding hydrogens is 360 g/mol. The van der Waals surface area contributed by atoms with Crippen LogP contribution >= 0.6 is 0 Å². The summed E-state index contributed by atoms with van der Waals surface area (Å²) in [6, 6.07) is 5.16. The van der Waals surface area contributed by atoms with E-state index in [0.717, 1.165) is 38.4 Å². The first-order chi connectivity index (χ1) is 12.4. The number of benzene rings is 1.